The highest BCUT2D eigenvalue weighted by atomic mass is 35.5. The molecule has 2 heterocycles. The average molecular weight is 319 g/mol. The molecule has 4 nitrogen and oxygen atoms in total. The van der Waals surface area contributed by atoms with Crippen molar-refractivity contribution in [3.05, 3.63) is 45.7 Å². The lowest BCUT2D eigenvalue weighted by Gasteiger charge is -2.21. The molecule has 0 radical (unpaired) electrons. The lowest BCUT2D eigenvalue weighted by atomic mass is 10.2. The third kappa shape index (κ3) is 3.17. The van der Waals surface area contributed by atoms with E-state index in [1.165, 1.54) is 18.9 Å². The summed E-state index contributed by atoms with van der Waals surface area (Å²) in [5, 5.41) is 1.16. The lowest BCUT2D eigenvalue weighted by molar-refractivity contribution is -0.131. The van der Waals surface area contributed by atoms with Crippen LogP contribution < -0.4 is 5.43 Å². The first-order valence-electron chi connectivity index (χ1n) is 7.71. The number of fused-ring (bicyclic) bond motifs is 1. The molecule has 0 unspecified atom stereocenters. The molecule has 0 bridgehead atoms. The Balaban J connectivity index is 1.90. The second-order valence-corrected chi connectivity index (χ2v) is 6.20. The molecule has 1 aliphatic heterocycles. The smallest absolute Gasteiger partial charge is 0.242 e. The highest BCUT2D eigenvalue weighted by Gasteiger charge is 2.16. The minimum atomic E-state index is -0.0508. The van der Waals surface area contributed by atoms with E-state index >= 15 is 0 Å². The fraction of sp³-hybridized carbons (Fsp3) is 0.412. The number of carbonyl (C=O) groups excluding carboxylic acids is 1. The predicted octanol–water partition coefficient (Wildman–Crippen LogP) is 3.06. The van der Waals surface area contributed by atoms with Crippen LogP contribution in [0.2, 0.25) is 5.02 Å². The molecule has 0 saturated carbocycles. The van der Waals surface area contributed by atoms with Crippen molar-refractivity contribution < 1.29 is 4.79 Å². The number of hydrogen-bond donors (Lipinski definition) is 0. The molecule has 0 N–H and O–H groups in total. The molecule has 2 aromatic rings. The third-order valence-electron chi connectivity index (χ3n) is 4.20. The average Bonchev–Trinajstić information content (AvgIpc) is 2.79. The maximum Gasteiger partial charge on any atom is 0.242 e. The molecule has 22 heavy (non-hydrogen) atoms. The van der Waals surface area contributed by atoms with Crippen molar-refractivity contribution in [2.45, 2.75) is 32.2 Å². The molecule has 1 saturated heterocycles. The number of nitrogens with zero attached hydrogens (tertiary/aromatic N) is 2. The molecule has 1 amide bonds. The number of carbonyl (C=O) groups is 1. The zero-order valence-corrected chi connectivity index (χ0v) is 13.2. The van der Waals surface area contributed by atoms with Gasteiger partial charge in [0.1, 0.15) is 6.54 Å². The Hall–Kier alpha value is -1.81. The van der Waals surface area contributed by atoms with Crippen LogP contribution in [0, 0.1) is 0 Å². The fourth-order valence-corrected chi connectivity index (χ4v) is 3.15. The molecular formula is C17H19ClN2O2. The van der Waals surface area contributed by atoms with E-state index in [0.717, 1.165) is 25.9 Å². The summed E-state index contributed by atoms with van der Waals surface area (Å²) < 4.78 is 1.82. The normalized spacial score (nSPS) is 15.8. The Morgan fingerprint density at radius 2 is 1.82 bits per heavy atom. The lowest BCUT2D eigenvalue weighted by Crippen LogP contribution is -2.34. The van der Waals surface area contributed by atoms with Crippen molar-refractivity contribution in [3.8, 4) is 0 Å². The number of aromatic nitrogens is 1. The summed E-state index contributed by atoms with van der Waals surface area (Å²) in [6.45, 7) is 1.91. The molecule has 1 aromatic carbocycles. The number of pyridine rings is 1. The molecule has 0 spiro atoms. The zero-order valence-electron chi connectivity index (χ0n) is 12.4. The van der Waals surface area contributed by atoms with Crippen molar-refractivity contribution in [1.29, 1.82) is 0 Å². The number of benzene rings is 1. The Labute approximate surface area is 134 Å². The van der Waals surface area contributed by atoms with Gasteiger partial charge in [0, 0.05) is 35.8 Å². The van der Waals surface area contributed by atoms with Crippen LogP contribution in [0.15, 0.2) is 35.3 Å². The van der Waals surface area contributed by atoms with Crippen LogP contribution in [0.3, 0.4) is 0 Å². The van der Waals surface area contributed by atoms with Gasteiger partial charge in [-0.15, -0.1) is 0 Å². The van der Waals surface area contributed by atoms with Gasteiger partial charge in [-0.1, -0.05) is 24.4 Å². The maximum atomic E-state index is 12.5. The zero-order chi connectivity index (χ0) is 15.5. The summed E-state index contributed by atoms with van der Waals surface area (Å²) in [6, 6.07) is 6.67. The topological polar surface area (TPSA) is 42.3 Å². The van der Waals surface area contributed by atoms with Gasteiger partial charge in [-0.05, 0) is 31.0 Å². The van der Waals surface area contributed by atoms with Gasteiger partial charge in [-0.3, -0.25) is 9.59 Å². The largest absolute Gasteiger partial charge is 0.341 e. The van der Waals surface area contributed by atoms with Gasteiger partial charge in [-0.2, -0.15) is 0 Å². The molecule has 0 aliphatic carbocycles. The standard InChI is InChI=1S/C17H19ClN2O2/c18-13-5-6-14-15(11-13)20(10-7-16(14)21)12-17(22)19-8-3-1-2-4-9-19/h5-7,10-11H,1-4,8-9,12H2. The first-order chi connectivity index (χ1) is 10.6. The van der Waals surface area contributed by atoms with Crippen LogP contribution in [0.5, 0.6) is 0 Å². The van der Waals surface area contributed by atoms with Crippen LogP contribution in [0.1, 0.15) is 25.7 Å². The number of rotatable bonds is 2. The number of hydrogen-bond acceptors (Lipinski definition) is 2. The van der Waals surface area contributed by atoms with E-state index in [9.17, 15) is 9.59 Å². The number of halogens is 1. The van der Waals surface area contributed by atoms with E-state index in [1.54, 1.807) is 24.4 Å². The summed E-state index contributed by atoms with van der Waals surface area (Å²) in [7, 11) is 0. The summed E-state index contributed by atoms with van der Waals surface area (Å²) in [5.41, 5.74) is 0.660. The maximum absolute atomic E-state index is 12.5. The van der Waals surface area contributed by atoms with Crippen LogP contribution in [-0.4, -0.2) is 28.5 Å². The van der Waals surface area contributed by atoms with Crippen molar-refractivity contribution in [2.75, 3.05) is 13.1 Å². The Morgan fingerprint density at radius 1 is 1.09 bits per heavy atom. The predicted molar refractivity (Wildman–Crippen MR) is 88.3 cm³/mol. The highest BCUT2D eigenvalue weighted by Crippen LogP contribution is 2.17. The Kier molecular flexibility index (Phi) is 4.48. The van der Waals surface area contributed by atoms with Crippen molar-refractivity contribution in [1.82, 2.24) is 9.47 Å². The molecule has 1 fully saturated rings. The fourth-order valence-electron chi connectivity index (χ4n) is 2.98. The van der Waals surface area contributed by atoms with Crippen LogP contribution in [-0.2, 0) is 11.3 Å². The van der Waals surface area contributed by atoms with Gasteiger partial charge in [0.25, 0.3) is 0 Å². The minimum Gasteiger partial charge on any atom is -0.341 e. The quantitative estimate of drug-likeness (QED) is 0.854. The molecule has 0 atom stereocenters. The first-order valence-corrected chi connectivity index (χ1v) is 8.09. The molecule has 1 aromatic heterocycles. The Bertz CT molecular complexity index is 746. The number of likely N-dealkylation sites (tertiary alicyclic amines) is 1. The number of amides is 1. The first kappa shape index (κ1) is 15.1. The van der Waals surface area contributed by atoms with E-state index < -0.39 is 0 Å². The second kappa shape index (κ2) is 6.53. The van der Waals surface area contributed by atoms with Gasteiger partial charge in [-0.25, -0.2) is 0 Å². The summed E-state index contributed by atoms with van der Waals surface area (Å²) in [5.74, 6) is 0.104. The minimum absolute atomic E-state index is 0.0508. The van der Waals surface area contributed by atoms with E-state index in [4.69, 9.17) is 11.6 Å². The highest BCUT2D eigenvalue weighted by molar-refractivity contribution is 6.31. The SMILES string of the molecule is O=C(Cn1ccc(=O)c2ccc(Cl)cc21)N1CCCCCC1. The monoisotopic (exact) mass is 318 g/mol. The molecular weight excluding hydrogens is 300 g/mol. The van der Waals surface area contributed by atoms with Gasteiger partial charge in [0.05, 0.1) is 5.52 Å². The Morgan fingerprint density at radius 3 is 2.55 bits per heavy atom. The van der Waals surface area contributed by atoms with Gasteiger partial charge < -0.3 is 9.47 Å². The van der Waals surface area contributed by atoms with Crippen molar-refractivity contribution in [2.24, 2.45) is 0 Å². The third-order valence-corrected chi connectivity index (χ3v) is 4.44. The van der Waals surface area contributed by atoms with E-state index in [1.807, 2.05) is 9.47 Å². The second-order valence-electron chi connectivity index (χ2n) is 5.76. The van der Waals surface area contributed by atoms with Gasteiger partial charge in [0.2, 0.25) is 5.91 Å². The van der Waals surface area contributed by atoms with Crippen molar-refractivity contribution in [3.63, 3.8) is 0 Å². The van der Waals surface area contributed by atoms with E-state index in [-0.39, 0.29) is 17.9 Å². The van der Waals surface area contributed by atoms with Gasteiger partial charge >= 0.3 is 0 Å². The molecule has 5 heteroatoms. The molecule has 116 valence electrons. The summed E-state index contributed by atoms with van der Waals surface area (Å²) >= 11 is 6.04. The molecule has 1 aliphatic rings. The van der Waals surface area contributed by atoms with Crippen LogP contribution >= 0.6 is 11.6 Å². The van der Waals surface area contributed by atoms with Crippen molar-refractivity contribution >= 4 is 28.4 Å². The van der Waals surface area contributed by atoms with E-state index in [0.29, 0.717) is 15.9 Å². The molecule has 3 rings (SSSR count). The van der Waals surface area contributed by atoms with E-state index in [2.05, 4.69) is 0 Å². The van der Waals surface area contributed by atoms with Crippen LogP contribution in [0.4, 0.5) is 0 Å². The van der Waals surface area contributed by atoms with Gasteiger partial charge in [0.15, 0.2) is 5.43 Å². The summed E-state index contributed by atoms with van der Waals surface area (Å²) in [6.07, 6.45) is 6.21. The van der Waals surface area contributed by atoms with Crippen LogP contribution in [0.25, 0.3) is 10.9 Å². The summed E-state index contributed by atoms with van der Waals surface area (Å²) in [4.78, 5) is 26.4.